The molecule has 4 heterocycles. The summed E-state index contributed by atoms with van der Waals surface area (Å²) in [4.78, 5) is 79.1. The summed E-state index contributed by atoms with van der Waals surface area (Å²) in [6.07, 6.45) is 1.25. The Morgan fingerprint density at radius 3 is 2.45 bits per heavy atom. The molecule has 3 atom stereocenters. The second kappa shape index (κ2) is 14.9. The molecule has 1 fully saturated rings. The van der Waals surface area contributed by atoms with E-state index in [9.17, 15) is 44.1 Å². The van der Waals surface area contributed by atoms with E-state index >= 15 is 0 Å². The summed E-state index contributed by atoms with van der Waals surface area (Å²) < 4.78 is 8.10. The Hall–Kier alpha value is -6.09. The summed E-state index contributed by atoms with van der Waals surface area (Å²) in [6, 6.07) is 5.03. The van der Waals surface area contributed by atoms with Crippen molar-refractivity contribution in [2.24, 2.45) is 7.05 Å². The predicted octanol–water partition coefficient (Wildman–Crippen LogP) is 0.422. The monoisotopic (exact) mass is 766 g/mol. The number of carbonyl (C=O) groups excluding carboxylic acids is 3. The number of phenolic OH excluding ortho intramolecular Hbond substituents is 2. The van der Waals surface area contributed by atoms with Gasteiger partial charge in [-0.2, -0.15) is 0 Å². The third-order valence-electron chi connectivity index (χ3n) is 8.38. The van der Waals surface area contributed by atoms with Gasteiger partial charge in [-0.1, -0.05) is 23.9 Å². The topological polar surface area (TPSA) is 268 Å². The van der Waals surface area contributed by atoms with E-state index in [0.717, 1.165) is 11.0 Å². The van der Waals surface area contributed by atoms with Crippen LogP contribution < -0.4 is 20.8 Å². The van der Waals surface area contributed by atoms with Crippen LogP contribution in [0.4, 0.5) is 0 Å². The van der Waals surface area contributed by atoms with Gasteiger partial charge in [-0.05, 0) is 46.7 Å². The van der Waals surface area contributed by atoms with Gasteiger partial charge in [0.25, 0.3) is 11.8 Å². The van der Waals surface area contributed by atoms with Gasteiger partial charge >= 0.3 is 11.9 Å². The van der Waals surface area contributed by atoms with Crippen LogP contribution in [0.15, 0.2) is 63.8 Å². The molecule has 0 bridgehead atoms. The number of thioether (sulfide) groups is 2. The number of carboxylic acid groups (broad SMARTS) is 2. The Morgan fingerprint density at radius 2 is 1.81 bits per heavy atom. The van der Waals surface area contributed by atoms with Crippen LogP contribution in [0.1, 0.15) is 28.9 Å². The number of ether oxygens (including phenoxy) is 1. The number of fused-ring (bicyclic) bond motifs is 2. The molecule has 1 saturated heterocycles. The second-order valence-corrected chi connectivity index (χ2v) is 13.7. The molecule has 6 N–H and O–H groups in total. The summed E-state index contributed by atoms with van der Waals surface area (Å²) in [5.74, 6) is -5.58. The van der Waals surface area contributed by atoms with Crippen LogP contribution in [0.5, 0.6) is 17.2 Å². The first-order valence-corrected chi connectivity index (χ1v) is 17.7. The lowest BCUT2D eigenvalue weighted by Crippen LogP contribution is -2.71. The summed E-state index contributed by atoms with van der Waals surface area (Å²) >= 11 is 2.43. The number of benzene rings is 2. The van der Waals surface area contributed by atoms with Gasteiger partial charge in [0.1, 0.15) is 34.5 Å². The van der Waals surface area contributed by atoms with Gasteiger partial charge in [-0.15, -0.1) is 16.9 Å². The van der Waals surface area contributed by atoms with Gasteiger partial charge in [0.2, 0.25) is 16.5 Å². The lowest BCUT2D eigenvalue weighted by molar-refractivity contribution is -0.151. The highest BCUT2D eigenvalue weighted by Crippen LogP contribution is 2.41. The number of nitrogens with one attached hydrogen (secondary N) is 2. The zero-order valence-corrected chi connectivity index (χ0v) is 29.4. The van der Waals surface area contributed by atoms with Crippen LogP contribution in [0, 0.1) is 0 Å². The van der Waals surface area contributed by atoms with Crippen LogP contribution >= 0.6 is 23.5 Å². The molecule has 3 amide bonds. The normalized spacial score (nSPS) is 17.2. The van der Waals surface area contributed by atoms with Gasteiger partial charge in [0.15, 0.2) is 18.1 Å². The number of hydrogen-bond acceptors (Lipinski definition) is 14. The van der Waals surface area contributed by atoms with Crippen molar-refractivity contribution in [3.8, 4) is 17.2 Å². The van der Waals surface area contributed by atoms with E-state index in [1.54, 1.807) is 14.0 Å². The molecular formula is C32H30N8O11S2. The average molecular weight is 767 g/mol. The molecule has 0 aliphatic carbocycles. The first kappa shape index (κ1) is 36.7. The van der Waals surface area contributed by atoms with Crippen molar-refractivity contribution in [3.05, 3.63) is 75.2 Å². The minimum atomic E-state index is -1.52. The molecule has 2 aromatic carbocycles. The number of aromatic hydroxyl groups is 2. The van der Waals surface area contributed by atoms with E-state index in [2.05, 4.69) is 26.2 Å². The molecule has 2 aliphatic rings. The smallest absolute Gasteiger partial charge is 0.352 e. The second-order valence-electron chi connectivity index (χ2n) is 11.7. The van der Waals surface area contributed by atoms with E-state index in [-0.39, 0.29) is 46.0 Å². The third kappa shape index (κ3) is 7.20. The number of carboxylic acids is 2. The Morgan fingerprint density at radius 1 is 1.09 bits per heavy atom. The number of aromatic nitrogens is 5. The number of tetrazole rings is 1. The third-order valence-corrected chi connectivity index (χ3v) is 10.8. The highest BCUT2D eigenvalue weighted by Gasteiger charge is 2.54. The number of hydrogen-bond donors (Lipinski definition) is 6. The summed E-state index contributed by atoms with van der Waals surface area (Å²) in [5, 5.41) is 55.0. The number of β-lactam (4-membered cyclic amide) rings is 1. The summed E-state index contributed by atoms with van der Waals surface area (Å²) in [6.45, 7) is 1.35. The highest BCUT2D eigenvalue weighted by atomic mass is 32.2. The lowest BCUT2D eigenvalue weighted by Gasteiger charge is -2.49. The van der Waals surface area contributed by atoms with Crippen molar-refractivity contribution in [3.63, 3.8) is 0 Å². The molecular weight excluding hydrogens is 737 g/mol. The van der Waals surface area contributed by atoms with Crippen molar-refractivity contribution in [1.82, 2.24) is 40.3 Å². The molecule has 53 heavy (non-hydrogen) atoms. The minimum absolute atomic E-state index is 0.0708. The number of phenols is 2. The highest BCUT2D eigenvalue weighted by molar-refractivity contribution is 8.01. The Balaban J connectivity index is 1.27. The van der Waals surface area contributed by atoms with Crippen LogP contribution in [0.3, 0.4) is 0 Å². The SMILES string of the molecule is CCn1cc(C(=O)NC(C(=O)N[C@@H]2C(=O)N3C(C(=O)O)=C(CSc4nnnn4C)CS[C@H]23)c2ccc(OCC(=O)O)cc2)c(=O)c2cc(O)c(O)cc21. The number of rotatable bonds is 13. The Kier molecular flexibility index (Phi) is 10.3. The number of carbonyl (C=O) groups is 5. The van der Waals surface area contributed by atoms with Crippen molar-refractivity contribution >= 4 is 64.1 Å². The average Bonchev–Trinajstić information content (AvgIpc) is 3.55. The fourth-order valence-corrected chi connectivity index (χ4v) is 8.11. The molecule has 1 unspecified atom stereocenters. The Labute approximate surface area is 306 Å². The molecule has 2 aliphatic heterocycles. The molecule has 2 aromatic heterocycles. The van der Waals surface area contributed by atoms with Crippen molar-refractivity contribution in [2.45, 2.75) is 36.1 Å². The van der Waals surface area contributed by atoms with Gasteiger partial charge in [0.05, 0.1) is 10.9 Å². The lowest BCUT2D eigenvalue weighted by atomic mass is 10.0. The maximum absolute atomic E-state index is 14.0. The summed E-state index contributed by atoms with van der Waals surface area (Å²) in [5.41, 5.74) is -0.531. The predicted molar refractivity (Wildman–Crippen MR) is 186 cm³/mol. The molecule has 19 nitrogen and oxygen atoms in total. The van der Waals surface area contributed by atoms with E-state index in [4.69, 9.17) is 9.84 Å². The van der Waals surface area contributed by atoms with Crippen LogP contribution in [0.25, 0.3) is 10.9 Å². The number of aryl methyl sites for hydroxylation is 2. The summed E-state index contributed by atoms with van der Waals surface area (Å²) in [7, 11) is 1.63. The van der Waals surface area contributed by atoms with Gasteiger partial charge in [-0.25, -0.2) is 14.3 Å². The minimum Gasteiger partial charge on any atom is -0.504 e. The molecule has 4 aromatic rings. The quantitative estimate of drug-likeness (QED) is 0.0612. The molecule has 21 heteroatoms. The molecule has 276 valence electrons. The fraction of sp³-hybridized carbons (Fsp3) is 0.281. The van der Waals surface area contributed by atoms with Gasteiger partial charge < -0.3 is 40.4 Å². The van der Waals surface area contributed by atoms with Crippen molar-refractivity contribution in [1.29, 1.82) is 0 Å². The molecule has 0 spiro atoms. The van der Waals surface area contributed by atoms with Crippen molar-refractivity contribution in [2.75, 3.05) is 18.1 Å². The maximum atomic E-state index is 14.0. The van der Waals surface area contributed by atoms with Crippen LogP contribution in [0.2, 0.25) is 0 Å². The number of pyridine rings is 1. The van der Waals surface area contributed by atoms with Crippen molar-refractivity contribution < 1.29 is 49.1 Å². The molecule has 6 rings (SSSR count). The van der Waals surface area contributed by atoms with E-state index in [1.807, 2.05) is 0 Å². The maximum Gasteiger partial charge on any atom is 0.352 e. The standard InChI is InChI=1S/C32H30N8O11S2/c1-3-39-10-18(26(45)17-8-20(41)21(42)9-19(17)39)27(46)33-23(14-4-6-16(7-5-14)51-11-22(43)44)28(47)34-24-29(48)40-25(31(49)50)15(12-52-30(24)40)13-53-32-35-36-37-38(32)2/h4-10,23-24,30,41-42H,3,11-13H2,1-2H3,(H,33,46)(H,34,47)(H,43,44)(H,49,50)/t23?,24-,30-/m1/s1. The van der Waals surface area contributed by atoms with E-state index in [1.165, 1.54) is 69.3 Å². The zero-order chi connectivity index (χ0) is 38.1. The fourth-order valence-electron chi connectivity index (χ4n) is 5.77. The van der Waals surface area contributed by atoms with Gasteiger partial charge in [-0.3, -0.25) is 24.1 Å². The largest absolute Gasteiger partial charge is 0.504 e. The first-order valence-electron chi connectivity index (χ1n) is 15.7. The van der Waals surface area contributed by atoms with E-state index < -0.39 is 76.2 Å². The van der Waals surface area contributed by atoms with Crippen LogP contribution in [-0.2, 0) is 32.8 Å². The Bertz CT molecular complexity index is 2260. The number of nitrogens with zero attached hydrogens (tertiary/aromatic N) is 6. The first-order chi connectivity index (χ1) is 25.3. The zero-order valence-electron chi connectivity index (χ0n) is 27.7. The number of amides is 3. The molecule has 0 radical (unpaired) electrons. The van der Waals surface area contributed by atoms with Gasteiger partial charge in [0, 0.05) is 37.4 Å². The van der Waals surface area contributed by atoms with Crippen LogP contribution in [-0.4, -0.2) is 109 Å². The number of aliphatic carboxylic acids is 2. The van der Waals surface area contributed by atoms with E-state index in [0.29, 0.717) is 10.7 Å². The molecule has 0 saturated carbocycles.